The van der Waals surface area contributed by atoms with Crippen molar-refractivity contribution in [1.82, 2.24) is 10.1 Å². The highest BCUT2D eigenvalue weighted by atomic mass is 79.9. The number of nitrogen functional groups attached to an aromatic ring is 1. The lowest BCUT2D eigenvalue weighted by Gasteiger charge is -2.18. The summed E-state index contributed by atoms with van der Waals surface area (Å²) >= 11 is 3.40. The maximum absolute atomic E-state index is 6.01. The Morgan fingerprint density at radius 2 is 2.05 bits per heavy atom. The molecule has 2 N–H and O–H groups in total. The molecule has 0 radical (unpaired) electrons. The van der Waals surface area contributed by atoms with Crippen LogP contribution in [0.4, 0.5) is 5.69 Å². The minimum atomic E-state index is 0.319. The molecule has 0 bridgehead atoms. The van der Waals surface area contributed by atoms with E-state index in [0.717, 1.165) is 41.9 Å². The molecule has 1 saturated heterocycles. The first-order valence-electron chi connectivity index (χ1n) is 6.21. The number of para-hydroxylation sites is 1. The number of hydrogen-bond acceptors (Lipinski definition) is 5. The number of aromatic nitrogens is 2. The van der Waals surface area contributed by atoms with E-state index in [2.05, 4.69) is 26.1 Å². The fourth-order valence-corrected chi connectivity index (χ4v) is 2.56. The van der Waals surface area contributed by atoms with Crippen molar-refractivity contribution in [1.29, 1.82) is 0 Å². The van der Waals surface area contributed by atoms with Crippen molar-refractivity contribution in [2.75, 3.05) is 18.9 Å². The maximum Gasteiger partial charge on any atom is 0.260 e. The summed E-state index contributed by atoms with van der Waals surface area (Å²) < 4.78 is 11.5. The topological polar surface area (TPSA) is 74.2 Å². The molecule has 6 heteroatoms. The fraction of sp³-hybridized carbons (Fsp3) is 0.385. The van der Waals surface area contributed by atoms with E-state index in [-0.39, 0.29) is 0 Å². The first-order valence-corrected chi connectivity index (χ1v) is 7.00. The third-order valence-corrected chi connectivity index (χ3v) is 4.00. The van der Waals surface area contributed by atoms with Crippen molar-refractivity contribution in [3.05, 3.63) is 28.5 Å². The summed E-state index contributed by atoms with van der Waals surface area (Å²) in [6, 6.07) is 5.66. The van der Waals surface area contributed by atoms with Gasteiger partial charge in [-0.2, -0.15) is 4.98 Å². The molecule has 0 aliphatic carbocycles. The van der Waals surface area contributed by atoms with Crippen LogP contribution >= 0.6 is 15.9 Å². The van der Waals surface area contributed by atoms with Crippen molar-refractivity contribution < 1.29 is 9.26 Å². The van der Waals surface area contributed by atoms with Crippen molar-refractivity contribution in [2.45, 2.75) is 18.8 Å². The summed E-state index contributed by atoms with van der Waals surface area (Å²) in [5.41, 5.74) is 7.39. The Morgan fingerprint density at radius 1 is 1.26 bits per heavy atom. The second kappa shape index (κ2) is 5.30. The number of rotatable bonds is 2. The lowest BCUT2D eigenvalue weighted by molar-refractivity contribution is 0.0830. The van der Waals surface area contributed by atoms with Gasteiger partial charge >= 0.3 is 0 Å². The summed E-state index contributed by atoms with van der Waals surface area (Å²) in [5.74, 6) is 1.54. The van der Waals surface area contributed by atoms with Gasteiger partial charge in [-0.15, -0.1) is 0 Å². The molecule has 0 saturated carbocycles. The van der Waals surface area contributed by atoms with Crippen molar-refractivity contribution in [2.24, 2.45) is 0 Å². The third-order valence-electron chi connectivity index (χ3n) is 3.31. The van der Waals surface area contributed by atoms with Crippen LogP contribution in [0.5, 0.6) is 0 Å². The molecular weight excluding hydrogens is 310 g/mol. The standard InChI is InChI=1S/C13H14BrN3O2/c14-10-3-1-2-9(11(10)15)13-16-12(17-19-13)8-4-6-18-7-5-8/h1-3,8H,4-7,15H2. The second-order valence-electron chi connectivity index (χ2n) is 4.55. The highest BCUT2D eigenvalue weighted by Crippen LogP contribution is 2.32. The van der Waals surface area contributed by atoms with Crippen LogP contribution in [0.3, 0.4) is 0 Å². The fourth-order valence-electron chi connectivity index (χ4n) is 2.19. The van der Waals surface area contributed by atoms with E-state index < -0.39 is 0 Å². The predicted octanol–water partition coefficient (Wildman–Crippen LogP) is 2.98. The zero-order valence-electron chi connectivity index (χ0n) is 10.3. The van der Waals surface area contributed by atoms with Crippen LogP contribution < -0.4 is 5.73 Å². The van der Waals surface area contributed by atoms with Crippen molar-refractivity contribution >= 4 is 21.6 Å². The molecular formula is C13H14BrN3O2. The summed E-state index contributed by atoms with van der Waals surface area (Å²) in [4.78, 5) is 4.47. The number of nitrogens with zero attached hydrogens (tertiary/aromatic N) is 2. The first kappa shape index (κ1) is 12.6. The molecule has 0 amide bonds. The quantitative estimate of drug-likeness (QED) is 0.860. The summed E-state index contributed by atoms with van der Waals surface area (Å²) in [6.07, 6.45) is 1.87. The minimum Gasteiger partial charge on any atom is -0.397 e. The van der Waals surface area contributed by atoms with Crippen LogP contribution in [-0.2, 0) is 4.74 Å². The number of hydrogen-bond donors (Lipinski definition) is 1. The van der Waals surface area contributed by atoms with Crippen LogP contribution in [0.1, 0.15) is 24.6 Å². The van der Waals surface area contributed by atoms with E-state index in [0.29, 0.717) is 17.5 Å². The number of benzene rings is 1. The average molecular weight is 324 g/mol. The van der Waals surface area contributed by atoms with Gasteiger partial charge in [-0.05, 0) is 40.9 Å². The molecule has 0 atom stereocenters. The van der Waals surface area contributed by atoms with Gasteiger partial charge < -0.3 is 15.0 Å². The number of nitrogens with two attached hydrogens (primary N) is 1. The highest BCUT2D eigenvalue weighted by Gasteiger charge is 2.22. The number of halogens is 1. The van der Waals surface area contributed by atoms with Crippen molar-refractivity contribution in [3.8, 4) is 11.5 Å². The van der Waals surface area contributed by atoms with Gasteiger partial charge in [0.05, 0.1) is 11.3 Å². The van der Waals surface area contributed by atoms with Crippen LogP contribution in [0.2, 0.25) is 0 Å². The molecule has 0 spiro atoms. The van der Waals surface area contributed by atoms with Crippen molar-refractivity contribution in [3.63, 3.8) is 0 Å². The lowest BCUT2D eigenvalue weighted by atomic mass is 10.00. The lowest BCUT2D eigenvalue weighted by Crippen LogP contribution is -2.15. The van der Waals surface area contributed by atoms with E-state index in [1.807, 2.05) is 18.2 Å². The van der Waals surface area contributed by atoms with E-state index in [4.69, 9.17) is 15.0 Å². The summed E-state index contributed by atoms with van der Waals surface area (Å²) in [5, 5.41) is 4.07. The molecule has 3 rings (SSSR count). The normalized spacial score (nSPS) is 16.7. The van der Waals surface area contributed by atoms with Crippen LogP contribution in [0, 0.1) is 0 Å². The molecule has 19 heavy (non-hydrogen) atoms. The van der Waals surface area contributed by atoms with Gasteiger partial charge in [-0.1, -0.05) is 11.2 Å². The highest BCUT2D eigenvalue weighted by molar-refractivity contribution is 9.10. The summed E-state index contributed by atoms with van der Waals surface area (Å²) in [7, 11) is 0. The van der Waals surface area contributed by atoms with Gasteiger partial charge in [-0.3, -0.25) is 0 Å². The predicted molar refractivity (Wildman–Crippen MR) is 74.6 cm³/mol. The first-order chi connectivity index (χ1) is 9.25. The van der Waals surface area contributed by atoms with E-state index in [9.17, 15) is 0 Å². The van der Waals surface area contributed by atoms with Gasteiger partial charge in [0, 0.05) is 23.6 Å². The summed E-state index contributed by atoms with van der Waals surface area (Å²) in [6.45, 7) is 1.52. The van der Waals surface area contributed by atoms with Gasteiger partial charge in [0.2, 0.25) is 0 Å². The Hall–Kier alpha value is -1.40. The molecule has 5 nitrogen and oxygen atoms in total. The second-order valence-corrected chi connectivity index (χ2v) is 5.40. The van der Waals surface area contributed by atoms with Gasteiger partial charge in [0.15, 0.2) is 5.82 Å². The van der Waals surface area contributed by atoms with Crippen LogP contribution in [-0.4, -0.2) is 23.4 Å². The number of anilines is 1. The molecule has 1 aromatic heterocycles. The Labute approximate surface area is 119 Å². The van der Waals surface area contributed by atoms with E-state index in [1.54, 1.807) is 0 Å². The molecule has 1 aliphatic heterocycles. The van der Waals surface area contributed by atoms with Gasteiger partial charge in [0.25, 0.3) is 5.89 Å². The maximum atomic E-state index is 6.01. The van der Waals surface area contributed by atoms with Crippen LogP contribution in [0.15, 0.2) is 27.2 Å². The average Bonchev–Trinajstić information content (AvgIpc) is 2.92. The smallest absolute Gasteiger partial charge is 0.260 e. The van der Waals surface area contributed by atoms with Gasteiger partial charge in [0.1, 0.15) is 0 Å². The molecule has 100 valence electrons. The largest absolute Gasteiger partial charge is 0.397 e. The Kier molecular flexibility index (Phi) is 3.52. The van der Waals surface area contributed by atoms with Gasteiger partial charge in [-0.25, -0.2) is 0 Å². The molecule has 2 heterocycles. The van der Waals surface area contributed by atoms with Crippen LogP contribution in [0.25, 0.3) is 11.5 Å². The van der Waals surface area contributed by atoms with E-state index in [1.165, 1.54) is 0 Å². The molecule has 2 aromatic rings. The Balaban J connectivity index is 1.90. The minimum absolute atomic E-state index is 0.319. The zero-order chi connectivity index (χ0) is 13.2. The number of ether oxygens (including phenoxy) is 1. The third kappa shape index (κ3) is 2.50. The molecule has 0 unspecified atom stereocenters. The zero-order valence-corrected chi connectivity index (χ0v) is 11.9. The molecule has 1 aliphatic rings. The Bertz CT molecular complexity index is 579. The monoisotopic (exact) mass is 323 g/mol. The molecule has 1 aromatic carbocycles. The Morgan fingerprint density at radius 3 is 2.84 bits per heavy atom. The molecule has 1 fully saturated rings. The SMILES string of the molecule is Nc1c(Br)cccc1-c1nc(C2CCOCC2)no1. The van der Waals surface area contributed by atoms with E-state index >= 15 is 0 Å².